The maximum absolute atomic E-state index is 4.75. The minimum Gasteiger partial charge on any atom is -0.357 e. The van der Waals surface area contributed by atoms with Crippen molar-refractivity contribution in [2.75, 3.05) is 50.7 Å². The summed E-state index contributed by atoms with van der Waals surface area (Å²) >= 11 is 0. The van der Waals surface area contributed by atoms with E-state index in [1.165, 1.54) is 5.56 Å². The number of rotatable bonds is 9. The molecule has 0 aromatic carbocycles. The van der Waals surface area contributed by atoms with Crippen molar-refractivity contribution in [2.45, 2.75) is 33.4 Å². The summed E-state index contributed by atoms with van der Waals surface area (Å²) in [6.45, 7) is 12.9. The number of aryl methyl sites for hydroxylation is 1. The first-order valence-corrected chi connectivity index (χ1v) is 10.7. The second kappa shape index (κ2) is 11.4. The van der Waals surface area contributed by atoms with Crippen molar-refractivity contribution in [1.29, 1.82) is 0 Å². The quantitative estimate of drug-likeness (QED) is 0.379. The number of piperazine rings is 1. The summed E-state index contributed by atoms with van der Waals surface area (Å²) in [5, 5.41) is 11.0. The number of aromatic nitrogens is 3. The summed E-state index contributed by atoms with van der Waals surface area (Å²) in [5.74, 6) is 1.91. The lowest BCUT2D eigenvalue weighted by Gasteiger charge is -2.34. The molecule has 2 N–H and O–H groups in total. The Labute approximate surface area is 174 Å². The third kappa shape index (κ3) is 6.74. The number of pyridine rings is 1. The monoisotopic (exact) mass is 398 g/mol. The third-order valence-electron chi connectivity index (χ3n) is 5.13. The first-order valence-electron chi connectivity index (χ1n) is 10.7. The fraction of sp³-hybridized carbons (Fsp3) is 0.571. The lowest BCUT2D eigenvalue weighted by molar-refractivity contribution is 0.270. The maximum atomic E-state index is 4.75. The van der Waals surface area contributed by atoms with E-state index in [-0.39, 0.29) is 0 Å². The number of anilines is 1. The first kappa shape index (κ1) is 21.1. The smallest absolute Gasteiger partial charge is 0.191 e. The van der Waals surface area contributed by atoms with E-state index in [9.17, 15) is 0 Å². The Kier molecular flexibility index (Phi) is 8.30. The molecule has 1 fully saturated rings. The van der Waals surface area contributed by atoms with Crippen molar-refractivity contribution in [1.82, 2.24) is 30.3 Å². The Bertz CT molecular complexity index is 735. The molecule has 0 aliphatic carbocycles. The van der Waals surface area contributed by atoms with E-state index in [2.05, 4.69) is 56.5 Å². The highest BCUT2D eigenvalue weighted by Crippen LogP contribution is 2.15. The molecule has 0 unspecified atom stereocenters. The fourth-order valence-corrected chi connectivity index (χ4v) is 3.42. The van der Waals surface area contributed by atoms with Gasteiger partial charge < -0.3 is 20.4 Å². The molecule has 0 amide bonds. The summed E-state index contributed by atoms with van der Waals surface area (Å²) in [7, 11) is 0. The third-order valence-corrected chi connectivity index (χ3v) is 5.13. The summed E-state index contributed by atoms with van der Waals surface area (Å²) in [6.07, 6.45) is 6.69. The number of hydrogen-bond donors (Lipinski definition) is 2. The normalized spacial score (nSPS) is 15.5. The van der Waals surface area contributed by atoms with E-state index < -0.39 is 0 Å². The molecule has 3 rings (SSSR count). The minimum atomic E-state index is 0.638. The zero-order valence-electron chi connectivity index (χ0n) is 17.7. The fourth-order valence-electron chi connectivity index (χ4n) is 3.42. The Morgan fingerprint density at radius 3 is 2.72 bits per heavy atom. The van der Waals surface area contributed by atoms with Crippen LogP contribution in [0.3, 0.4) is 0 Å². The van der Waals surface area contributed by atoms with Crippen molar-refractivity contribution in [3.63, 3.8) is 0 Å². The molecular weight excluding hydrogens is 364 g/mol. The Morgan fingerprint density at radius 1 is 1.14 bits per heavy atom. The van der Waals surface area contributed by atoms with Crippen molar-refractivity contribution in [3.8, 4) is 0 Å². The van der Waals surface area contributed by atoms with Crippen LogP contribution < -0.4 is 15.5 Å². The largest absolute Gasteiger partial charge is 0.357 e. The van der Waals surface area contributed by atoms with Gasteiger partial charge in [0.1, 0.15) is 5.82 Å². The molecule has 0 saturated carbocycles. The summed E-state index contributed by atoms with van der Waals surface area (Å²) in [4.78, 5) is 14.2. The second-order valence-corrected chi connectivity index (χ2v) is 7.19. The zero-order valence-corrected chi connectivity index (χ0v) is 17.7. The van der Waals surface area contributed by atoms with Crippen LogP contribution in [0.1, 0.15) is 25.8 Å². The van der Waals surface area contributed by atoms with Crippen LogP contribution in [0, 0.1) is 0 Å². The molecule has 0 atom stereocenters. The zero-order chi connectivity index (χ0) is 20.3. The van der Waals surface area contributed by atoms with E-state index in [0.29, 0.717) is 6.54 Å². The van der Waals surface area contributed by atoms with Gasteiger partial charge in [-0.1, -0.05) is 6.92 Å². The van der Waals surface area contributed by atoms with Crippen LogP contribution in [0.5, 0.6) is 0 Å². The first-order chi connectivity index (χ1) is 14.3. The van der Waals surface area contributed by atoms with Gasteiger partial charge in [0.05, 0.1) is 6.54 Å². The molecule has 8 heteroatoms. The van der Waals surface area contributed by atoms with Gasteiger partial charge in [0, 0.05) is 64.4 Å². The molecule has 0 bridgehead atoms. The Morgan fingerprint density at radius 2 is 2.00 bits per heavy atom. The highest BCUT2D eigenvalue weighted by molar-refractivity contribution is 5.79. The number of aliphatic imine (C=N–C) groups is 1. The van der Waals surface area contributed by atoms with E-state index in [1.807, 2.05) is 29.3 Å². The topological polar surface area (TPSA) is 73.6 Å². The summed E-state index contributed by atoms with van der Waals surface area (Å²) < 4.78 is 1.95. The predicted molar refractivity (Wildman–Crippen MR) is 118 cm³/mol. The predicted octanol–water partition coefficient (Wildman–Crippen LogP) is 1.57. The van der Waals surface area contributed by atoms with Crippen LogP contribution in [0.25, 0.3) is 0 Å². The summed E-state index contributed by atoms with van der Waals surface area (Å²) in [5.41, 5.74) is 1.18. The van der Waals surface area contributed by atoms with Crippen LogP contribution in [0.15, 0.2) is 41.8 Å². The maximum Gasteiger partial charge on any atom is 0.191 e. The van der Waals surface area contributed by atoms with Gasteiger partial charge in [-0.2, -0.15) is 5.10 Å². The molecule has 1 aliphatic rings. The van der Waals surface area contributed by atoms with Crippen LogP contribution in [0.2, 0.25) is 0 Å². The van der Waals surface area contributed by atoms with Crippen molar-refractivity contribution in [3.05, 3.63) is 42.4 Å². The van der Waals surface area contributed by atoms with Crippen LogP contribution in [0.4, 0.5) is 5.82 Å². The lowest BCUT2D eigenvalue weighted by Crippen LogP contribution is -2.46. The van der Waals surface area contributed by atoms with Gasteiger partial charge in [-0.15, -0.1) is 0 Å². The standard InChI is InChI=1S/C21H34N8/c1-3-22-21(24-8-5-11-29-12-6-9-26-29)25-18-19-7-10-23-20(17-19)28-15-13-27(4-2)14-16-28/h6-7,9-10,12,17H,3-5,8,11,13-16,18H2,1-2H3,(H2,22,24,25). The minimum absolute atomic E-state index is 0.638. The average molecular weight is 399 g/mol. The second-order valence-electron chi connectivity index (χ2n) is 7.19. The van der Waals surface area contributed by atoms with Crippen LogP contribution in [-0.2, 0) is 13.1 Å². The van der Waals surface area contributed by atoms with E-state index in [0.717, 1.165) is 70.6 Å². The van der Waals surface area contributed by atoms with Crippen LogP contribution >= 0.6 is 0 Å². The van der Waals surface area contributed by atoms with E-state index in [1.54, 1.807) is 0 Å². The van der Waals surface area contributed by atoms with Gasteiger partial charge in [-0.3, -0.25) is 4.68 Å². The molecule has 2 aromatic rings. The Hall–Kier alpha value is -2.61. The average Bonchev–Trinajstić information content (AvgIpc) is 3.29. The SMILES string of the molecule is CCNC(=NCc1ccnc(N2CCN(CC)CC2)c1)NCCCn1cccn1. The molecule has 29 heavy (non-hydrogen) atoms. The number of nitrogens with one attached hydrogen (secondary N) is 2. The van der Waals surface area contributed by atoms with E-state index in [4.69, 9.17) is 4.99 Å². The van der Waals surface area contributed by atoms with Crippen molar-refractivity contribution >= 4 is 11.8 Å². The molecule has 2 aromatic heterocycles. The number of hydrogen-bond acceptors (Lipinski definition) is 5. The van der Waals surface area contributed by atoms with Gasteiger partial charge in [0.2, 0.25) is 0 Å². The number of likely N-dealkylation sites (N-methyl/N-ethyl adjacent to an activating group) is 1. The molecular formula is C21H34N8. The van der Waals surface area contributed by atoms with Crippen LogP contribution in [-0.4, -0.2) is 71.4 Å². The molecule has 0 radical (unpaired) electrons. The van der Waals surface area contributed by atoms with Gasteiger partial charge in [-0.05, 0) is 43.7 Å². The molecule has 1 saturated heterocycles. The van der Waals surface area contributed by atoms with Crippen molar-refractivity contribution < 1.29 is 0 Å². The number of guanidine groups is 1. The molecule has 158 valence electrons. The van der Waals surface area contributed by atoms with Gasteiger partial charge in [0.15, 0.2) is 5.96 Å². The van der Waals surface area contributed by atoms with Crippen molar-refractivity contribution in [2.24, 2.45) is 4.99 Å². The highest BCUT2D eigenvalue weighted by atomic mass is 15.3. The molecule has 8 nitrogen and oxygen atoms in total. The Balaban J connectivity index is 1.50. The summed E-state index contributed by atoms with van der Waals surface area (Å²) in [6, 6.07) is 6.18. The molecule has 3 heterocycles. The lowest BCUT2D eigenvalue weighted by atomic mass is 10.2. The van der Waals surface area contributed by atoms with E-state index >= 15 is 0 Å². The number of nitrogens with zero attached hydrogens (tertiary/aromatic N) is 6. The highest BCUT2D eigenvalue weighted by Gasteiger charge is 2.16. The van der Waals surface area contributed by atoms with Gasteiger partial charge in [-0.25, -0.2) is 9.98 Å². The van der Waals surface area contributed by atoms with Gasteiger partial charge >= 0.3 is 0 Å². The van der Waals surface area contributed by atoms with Gasteiger partial charge in [0.25, 0.3) is 0 Å². The molecule has 1 aliphatic heterocycles. The molecule has 0 spiro atoms.